The van der Waals surface area contributed by atoms with Gasteiger partial charge in [0.2, 0.25) is 0 Å². The first-order valence-electron chi connectivity index (χ1n) is 7.72. The van der Waals surface area contributed by atoms with Crippen LogP contribution in [0.25, 0.3) is 22.7 Å². The van der Waals surface area contributed by atoms with Gasteiger partial charge in [0.15, 0.2) is 0 Å². The van der Waals surface area contributed by atoms with Crippen molar-refractivity contribution in [2.45, 2.75) is 13.8 Å². The molecule has 0 saturated carbocycles. The molecular formula is C19H15I2N3O. The van der Waals surface area contributed by atoms with Gasteiger partial charge in [-0.3, -0.25) is 0 Å². The smallest absolute Gasteiger partial charge is 0.149 e. The average Bonchev–Trinajstić information content (AvgIpc) is 2.98. The van der Waals surface area contributed by atoms with Gasteiger partial charge in [0.05, 0.1) is 26.8 Å². The first-order valence-corrected chi connectivity index (χ1v) is 9.88. The van der Waals surface area contributed by atoms with Crippen molar-refractivity contribution in [3.63, 3.8) is 0 Å². The zero-order chi connectivity index (χ0) is 18.0. The number of ether oxygens (including phenoxy) is 1. The summed E-state index contributed by atoms with van der Waals surface area (Å²) >= 11 is 4.53. The van der Waals surface area contributed by atoms with E-state index in [1.54, 1.807) is 0 Å². The number of nitrogens with zero attached hydrogens (tertiary/aromatic N) is 2. The molecular weight excluding hydrogens is 540 g/mol. The Bertz CT molecular complexity index is 1020. The van der Waals surface area contributed by atoms with E-state index in [2.05, 4.69) is 67.3 Å². The zero-order valence-corrected chi connectivity index (χ0v) is 18.0. The molecule has 1 heterocycles. The second kappa shape index (κ2) is 7.74. The fourth-order valence-corrected chi connectivity index (χ4v) is 4.59. The van der Waals surface area contributed by atoms with Gasteiger partial charge in [-0.2, -0.15) is 5.26 Å². The maximum atomic E-state index is 9.66. The first-order chi connectivity index (χ1) is 12.0. The number of rotatable bonds is 4. The summed E-state index contributed by atoms with van der Waals surface area (Å²) in [6.45, 7) is 4.56. The summed E-state index contributed by atoms with van der Waals surface area (Å²) in [7, 11) is 0. The summed E-state index contributed by atoms with van der Waals surface area (Å²) in [5.74, 6) is 1.36. The predicted molar refractivity (Wildman–Crippen MR) is 117 cm³/mol. The SMILES string of the molecule is CCOc1c(I)cc(I)cc1/C=C(/C#N)c1nc2ccc(C)cc2[nH]1. The molecule has 2 aromatic carbocycles. The molecule has 0 aliphatic rings. The molecule has 0 aliphatic heterocycles. The molecule has 0 unspecified atom stereocenters. The van der Waals surface area contributed by atoms with Gasteiger partial charge in [-0.1, -0.05) is 6.07 Å². The summed E-state index contributed by atoms with van der Waals surface area (Å²) in [6.07, 6.45) is 1.83. The van der Waals surface area contributed by atoms with E-state index in [0.29, 0.717) is 18.0 Å². The fourth-order valence-electron chi connectivity index (χ4n) is 2.54. The van der Waals surface area contributed by atoms with E-state index >= 15 is 0 Å². The van der Waals surface area contributed by atoms with Crippen molar-refractivity contribution in [1.82, 2.24) is 9.97 Å². The van der Waals surface area contributed by atoms with E-state index in [-0.39, 0.29) is 0 Å². The highest BCUT2D eigenvalue weighted by atomic mass is 127. The number of benzene rings is 2. The van der Waals surface area contributed by atoms with Crippen LogP contribution in [-0.2, 0) is 0 Å². The van der Waals surface area contributed by atoms with Gasteiger partial charge in [0, 0.05) is 9.13 Å². The number of aromatic amines is 1. The van der Waals surface area contributed by atoms with Crippen LogP contribution < -0.4 is 4.74 Å². The molecule has 6 heteroatoms. The molecule has 3 rings (SSSR count). The number of nitrogens with one attached hydrogen (secondary N) is 1. The van der Waals surface area contributed by atoms with Crippen molar-refractivity contribution < 1.29 is 4.74 Å². The lowest BCUT2D eigenvalue weighted by molar-refractivity contribution is 0.337. The molecule has 3 aromatic rings. The van der Waals surface area contributed by atoms with E-state index in [1.165, 1.54) is 0 Å². The van der Waals surface area contributed by atoms with Gasteiger partial charge in [-0.25, -0.2) is 4.98 Å². The van der Waals surface area contributed by atoms with Crippen molar-refractivity contribution in [3.8, 4) is 11.8 Å². The molecule has 0 bridgehead atoms. The number of H-pyrrole nitrogens is 1. The van der Waals surface area contributed by atoms with Gasteiger partial charge < -0.3 is 9.72 Å². The summed E-state index contributed by atoms with van der Waals surface area (Å²) in [6, 6.07) is 12.3. The lowest BCUT2D eigenvalue weighted by Gasteiger charge is -2.10. The molecule has 0 atom stereocenters. The maximum Gasteiger partial charge on any atom is 0.149 e. The molecule has 4 nitrogen and oxygen atoms in total. The minimum Gasteiger partial charge on any atom is -0.492 e. The third-order valence-electron chi connectivity index (χ3n) is 3.64. The molecule has 25 heavy (non-hydrogen) atoms. The lowest BCUT2D eigenvalue weighted by atomic mass is 10.1. The number of allylic oxidation sites excluding steroid dienone is 1. The Morgan fingerprint density at radius 2 is 2.12 bits per heavy atom. The third kappa shape index (κ3) is 3.98. The molecule has 1 aromatic heterocycles. The first kappa shape index (κ1) is 18.2. The van der Waals surface area contributed by atoms with Crippen LogP contribution in [0.5, 0.6) is 5.75 Å². The summed E-state index contributed by atoms with van der Waals surface area (Å²) in [4.78, 5) is 7.79. The highest BCUT2D eigenvalue weighted by Crippen LogP contribution is 2.31. The number of hydrogen-bond acceptors (Lipinski definition) is 3. The van der Waals surface area contributed by atoms with Crippen LogP contribution in [0.15, 0.2) is 30.3 Å². The minimum absolute atomic E-state index is 0.479. The van der Waals surface area contributed by atoms with E-state index in [9.17, 15) is 5.26 Å². The van der Waals surface area contributed by atoms with Crippen LogP contribution in [0.3, 0.4) is 0 Å². The summed E-state index contributed by atoms with van der Waals surface area (Å²) in [5, 5.41) is 9.66. The summed E-state index contributed by atoms with van der Waals surface area (Å²) < 4.78 is 7.90. The number of halogens is 2. The second-order valence-electron chi connectivity index (χ2n) is 5.51. The monoisotopic (exact) mass is 555 g/mol. The standard InChI is InChI=1S/C19H15I2N3O/c1-3-25-18-12(8-14(20)9-15(18)21)7-13(10-22)19-23-16-5-4-11(2)6-17(16)24-19/h4-9H,3H2,1-2H3,(H,23,24)/b13-7-. The molecule has 0 spiro atoms. The normalized spacial score (nSPS) is 11.6. The fraction of sp³-hybridized carbons (Fsp3) is 0.158. The second-order valence-corrected chi connectivity index (χ2v) is 7.92. The van der Waals surface area contributed by atoms with Gasteiger partial charge in [0.25, 0.3) is 0 Å². The van der Waals surface area contributed by atoms with Crippen molar-refractivity contribution in [3.05, 3.63) is 54.4 Å². The van der Waals surface area contributed by atoms with Crippen molar-refractivity contribution in [2.75, 3.05) is 6.61 Å². The zero-order valence-electron chi connectivity index (χ0n) is 13.7. The molecule has 0 amide bonds. The number of aromatic nitrogens is 2. The largest absolute Gasteiger partial charge is 0.492 e. The van der Waals surface area contributed by atoms with Crippen LogP contribution in [0.1, 0.15) is 23.9 Å². The molecule has 0 fully saturated rings. The van der Waals surface area contributed by atoms with Gasteiger partial charge in [-0.05, 0) is 94.9 Å². The van der Waals surface area contributed by atoms with Crippen LogP contribution in [-0.4, -0.2) is 16.6 Å². The third-order valence-corrected chi connectivity index (χ3v) is 5.06. The van der Waals surface area contributed by atoms with Crippen LogP contribution in [0, 0.1) is 25.4 Å². The Labute approximate surface area is 173 Å². The van der Waals surface area contributed by atoms with Gasteiger partial charge in [0.1, 0.15) is 17.6 Å². The molecule has 126 valence electrons. The van der Waals surface area contributed by atoms with E-state index < -0.39 is 0 Å². The quantitative estimate of drug-likeness (QED) is 0.340. The summed E-state index contributed by atoms with van der Waals surface area (Å²) in [5.41, 5.74) is 4.29. The highest BCUT2D eigenvalue weighted by Gasteiger charge is 2.12. The van der Waals surface area contributed by atoms with Crippen molar-refractivity contribution in [2.24, 2.45) is 0 Å². The minimum atomic E-state index is 0.479. The van der Waals surface area contributed by atoms with E-state index in [1.807, 2.05) is 44.2 Å². The number of fused-ring (bicyclic) bond motifs is 1. The highest BCUT2D eigenvalue weighted by molar-refractivity contribution is 14.1. The van der Waals surface area contributed by atoms with Crippen LogP contribution >= 0.6 is 45.2 Å². The topological polar surface area (TPSA) is 61.7 Å². The van der Waals surface area contributed by atoms with Crippen molar-refractivity contribution in [1.29, 1.82) is 5.26 Å². The Morgan fingerprint density at radius 1 is 1.32 bits per heavy atom. The average molecular weight is 555 g/mol. The predicted octanol–water partition coefficient (Wildman–Crippen LogP) is 5.54. The van der Waals surface area contributed by atoms with Crippen LogP contribution in [0.2, 0.25) is 0 Å². The molecule has 0 saturated heterocycles. The number of nitriles is 1. The van der Waals surface area contributed by atoms with E-state index in [0.717, 1.165) is 35.1 Å². The Balaban J connectivity index is 2.13. The number of imidazole rings is 1. The Kier molecular flexibility index (Phi) is 5.64. The Hall–Kier alpha value is -1.60. The van der Waals surface area contributed by atoms with Crippen molar-refractivity contribution >= 4 is 67.9 Å². The van der Waals surface area contributed by atoms with Crippen LogP contribution in [0.4, 0.5) is 0 Å². The lowest BCUT2D eigenvalue weighted by Crippen LogP contribution is -1.98. The van der Waals surface area contributed by atoms with Gasteiger partial charge >= 0.3 is 0 Å². The van der Waals surface area contributed by atoms with Gasteiger partial charge in [-0.15, -0.1) is 0 Å². The molecule has 0 aliphatic carbocycles. The number of hydrogen-bond donors (Lipinski definition) is 1. The number of aryl methyl sites for hydroxylation is 1. The molecule has 0 radical (unpaired) electrons. The maximum absolute atomic E-state index is 9.66. The molecule has 1 N–H and O–H groups in total. The van der Waals surface area contributed by atoms with E-state index in [4.69, 9.17) is 4.74 Å². The Morgan fingerprint density at radius 3 is 2.84 bits per heavy atom.